The molecular weight excluding hydrogens is 458 g/mol. The van der Waals surface area contributed by atoms with Gasteiger partial charge in [-0.25, -0.2) is 4.98 Å². The molecule has 1 aliphatic carbocycles. The van der Waals surface area contributed by atoms with Crippen LogP contribution in [0, 0.1) is 0 Å². The average Bonchev–Trinajstić information content (AvgIpc) is 3.49. The van der Waals surface area contributed by atoms with Gasteiger partial charge in [0.15, 0.2) is 5.82 Å². The van der Waals surface area contributed by atoms with E-state index in [9.17, 15) is 0 Å². The van der Waals surface area contributed by atoms with Crippen LogP contribution in [0.5, 0.6) is 0 Å². The first-order valence-corrected chi connectivity index (χ1v) is 11.6. The second-order valence-electron chi connectivity index (χ2n) is 7.97. The predicted molar refractivity (Wildman–Crippen MR) is 126 cm³/mol. The van der Waals surface area contributed by atoms with Crippen LogP contribution in [-0.4, -0.2) is 46.5 Å². The zero-order valence-electron chi connectivity index (χ0n) is 17.3. The molecule has 1 saturated carbocycles. The van der Waals surface area contributed by atoms with E-state index in [1.54, 1.807) is 6.20 Å². The van der Waals surface area contributed by atoms with Crippen molar-refractivity contribution in [3.63, 3.8) is 0 Å². The van der Waals surface area contributed by atoms with Crippen LogP contribution in [-0.2, 0) is 4.74 Å². The summed E-state index contributed by atoms with van der Waals surface area (Å²) in [4.78, 5) is 11.4. The second-order valence-corrected chi connectivity index (χ2v) is 8.83. The van der Waals surface area contributed by atoms with Gasteiger partial charge >= 0.3 is 0 Å². The summed E-state index contributed by atoms with van der Waals surface area (Å²) in [5, 5.41) is 14.2. The molecule has 1 saturated heterocycles. The molecule has 0 unspecified atom stereocenters. The van der Waals surface area contributed by atoms with Crippen LogP contribution in [0.2, 0.25) is 0 Å². The average molecular weight is 484 g/mol. The van der Waals surface area contributed by atoms with Gasteiger partial charge in [0.1, 0.15) is 5.82 Å². The normalized spacial score (nSPS) is 17.1. The highest BCUT2D eigenvalue weighted by atomic mass is 79.9. The minimum Gasteiger partial charge on any atom is -0.378 e. The molecule has 0 spiro atoms. The van der Waals surface area contributed by atoms with E-state index in [4.69, 9.17) is 4.74 Å². The maximum atomic E-state index is 5.43. The second kappa shape index (κ2) is 9.23. The highest BCUT2D eigenvalue weighted by Crippen LogP contribution is 2.34. The van der Waals surface area contributed by atoms with Gasteiger partial charge < -0.3 is 20.3 Å². The number of aromatic nitrogens is 4. The van der Waals surface area contributed by atoms with Gasteiger partial charge in [0.05, 0.1) is 23.4 Å². The molecule has 8 nitrogen and oxygen atoms in total. The van der Waals surface area contributed by atoms with Crippen molar-refractivity contribution in [1.29, 1.82) is 0 Å². The number of rotatable bonds is 6. The molecule has 0 amide bonds. The van der Waals surface area contributed by atoms with E-state index in [1.165, 1.54) is 31.4 Å². The molecule has 9 heteroatoms. The van der Waals surface area contributed by atoms with Gasteiger partial charge in [-0.2, -0.15) is 10.1 Å². The lowest BCUT2D eigenvalue weighted by Crippen LogP contribution is -2.36. The molecule has 0 atom stereocenters. The number of morpholine rings is 1. The molecule has 2 aliphatic rings. The number of nitrogens with zero attached hydrogens (tertiary/aromatic N) is 4. The molecule has 2 fully saturated rings. The Morgan fingerprint density at radius 2 is 1.84 bits per heavy atom. The lowest BCUT2D eigenvalue weighted by atomic mass is 10.0. The Balaban J connectivity index is 1.26. The smallest absolute Gasteiger partial charge is 0.229 e. The molecule has 162 valence electrons. The Hall–Kier alpha value is -2.65. The topological polar surface area (TPSA) is 91.0 Å². The van der Waals surface area contributed by atoms with Crippen molar-refractivity contribution in [2.24, 2.45) is 0 Å². The van der Waals surface area contributed by atoms with Gasteiger partial charge in [-0.15, -0.1) is 0 Å². The van der Waals surface area contributed by atoms with E-state index >= 15 is 0 Å². The quantitative estimate of drug-likeness (QED) is 0.457. The maximum Gasteiger partial charge on any atom is 0.229 e. The van der Waals surface area contributed by atoms with E-state index in [-0.39, 0.29) is 0 Å². The maximum absolute atomic E-state index is 5.43. The van der Waals surface area contributed by atoms with Crippen LogP contribution in [0.25, 0.3) is 0 Å². The minimum atomic E-state index is 0.528. The number of benzene rings is 1. The SMILES string of the molecule is Brc1cnc(Nc2ccc(N3CCOCC3)cc2)nc1Nc1cc(C2CCCC2)n[nH]1. The Morgan fingerprint density at radius 1 is 1.06 bits per heavy atom. The number of anilines is 5. The summed E-state index contributed by atoms with van der Waals surface area (Å²) in [6, 6.07) is 10.4. The van der Waals surface area contributed by atoms with Crippen LogP contribution in [0.15, 0.2) is 41.0 Å². The summed E-state index contributed by atoms with van der Waals surface area (Å²) in [6.45, 7) is 3.41. The van der Waals surface area contributed by atoms with E-state index in [0.29, 0.717) is 17.7 Å². The van der Waals surface area contributed by atoms with Crippen molar-refractivity contribution >= 4 is 44.9 Å². The number of nitrogens with one attached hydrogen (secondary N) is 3. The lowest BCUT2D eigenvalue weighted by Gasteiger charge is -2.28. The molecule has 1 aliphatic heterocycles. The zero-order valence-corrected chi connectivity index (χ0v) is 18.9. The van der Waals surface area contributed by atoms with Crippen molar-refractivity contribution in [2.75, 3.05) is 41.8 Å². The number of hydrogen-bond acceptors (Lipinski definition) is 7. The van der Waals surface area contributed by atoms with E-state index in [2.05, 4.69) is 69.8 Å². The van der Waals surface area contributed by atoms with E-state index < -0.39 is 0 Å². The molecule has 31 heavy (non-hydrogen) atoms. The third-order valence-corrected chi connectivity index (χ3v) is 6.45. The summed E-state index contributed by atoms with van der Waals surface area (Å²) in [5.41, 5.74) is 3.27. The fourth-order valence-corrected chi connectivity index (χ4v) is 4.47. The van der Waals surface area contributed by atoms with Gasteiger partial charge in [-0.1, -0.05) is 12.8 Å². The largest absolute Gasteiger partial charge is 0.378 e. The third-order valence-electron chi connectivity index (χ3n) is 5.87. The zero-order chi connectivity index (χ0) is 21.0. The Bertz CT molecular complexity index is 1010. The number of H-pyrrole nitrogens is 1. The van der Waals surface area contributed by atoms with Crippen LogP contribution in [0.3, 0.4) is 0 Å². The molecule has 1 aromatic carbocycles. The Labute approximate surface area is 189 Å². The molecule has 3 aromatic rings. The number of halogens is 1. The van der Waals surface area contributed by atoms with Crippen LogP contribution in [0.1, 0.15) is 37.3 Å². The highest BCUT2D eigenvalue weighted by Gasteiger charge is 2.20. The number of ether oxygens (including phenoxy) is 1. The number of hydrogen-bond donors (Lipinski definition) is 3. The van der Waals surface area contributed by atoms with E-state index in [1.807, 2.05) is 12.1 Å². The first-order valence-electron chi connectivity index (χ1n) is 10.8. The molecule has 3 heterocycles. The van der Waals surface area contributed by atoms with Crippen LogP contribution < -0.4 is 15.5 Å². The predicted octanol–water partition coefficient (Wildman–Crippen LogP) is 4.94. The van der Waals surface area contributed by atoms with Gasteiger partial charge in [-0.05, 0) is 53.0 Å². The first kappa shape index (κ1) is 20.3. The van der Waals surface area contributed by atoms with Crippen molar-refractivity contribution in [3.05, 3.63) is 46.7 Å². The van der Waals surface area contributed by atoms with Crippen molar-refractivity contribution in [1.82, 2.24) is 20.2 Å². The summed E-state index contributed by atoms with van der Waals surface area (Å²) in [7, 11) is 0. The molecule has 3 N–H and O–H groups in total. The standard InChI is InChI=1S/C22H26BrN7O/c23-18-14-24-22(25-16-5-7-17(8-6-16)30-9-11-31-12-10-30)27-21(18)26-20-13-19(28-29-20)15-3-1-2-4-15/h5-8,13-15H,1-4,9-12H2,(H3,24,25,26,27,28,29). The van der Waals surface area contributed by atoms with Crippen molar-refractivity contribution in [2.45, 2.75) is 31.6 Å². The minimum absolute atomic E-state index is 0.528. The van der Waals surface area contributed by atoms with E-state index in [0.717, 1.165) is 48.0 Å². The monoisotopic (exact) mass is 483 g/mol. The fraction of sp³-hybridized carbons (Fsp3) is 0.409. The summed E-state index contributed by atoms with van der Waals surface area (Å²) >= 11 is 3.53. The van der Waals surface area contributed by atoms with Gasteiger partial charge in [0, 0.05) is 42.6 Å². The first-order chi connectivity index (χ1) is 15.2. The lowest BCUT2D eigenvalue weighted by molar-refractivity contribution is 0.122. The highest BCUT2D eigenvalue weighted by molar-refractivity contribution is 9.10. The fourth-order valence-electron chi connectivity index (χ4n) is 4.18. The third kappa shape index (κ3) is 4.83. The molecule has 5 rings (SSSR count). The van der Waals surface area contributed by atoms with Crippen LogP contribution in [0.4, 0.5) is 29.0 Å². The Morgan fingerprint density at radius 3 is 2.61 bits per heavy atom. The summed E-state index contributed by atoms with van der Waals surface area (Å²) in [6.07, 6.45) is 6.77. The van der Waals surface area contributed by atoms with Crippen molar-refractivity contribution < 1.29 is 4.74 Å². The Kier molecular flexibility index (Phi) is 6.04. The summed E-state index contributed by atoms with van der Waals surface area (Å²) < 4.78 is 6.22. The molecular formula is C22H26BrN7O. The van der Waals surface area contributed by atoms with Crippen molar-refractivity contribution in [3.8, 4) is 0 Å². The molecule has 0 bridgehead atoms. The van der Waals surface area contributed by atoms with Gasteiger partial charge in [-0.3, -0.25) is 5.10 Å². The molecule has 0 radical (unpaired) electrons. The number of aromatic amines is 1. The summed E-state index contributed by atoms with van der Waals surface area (Å²) in [5.74, 6) is 2.62. The van der Waals surface area contributed by atoms with Gasteiger partial charge in [0.2, 0.25) is 5.95 Å². The van der Waals surface area contributed by atoms with Crippen LogP contribution >= 0.6 is 15.9 Å². The molecule has 2 aromatic heterocycles. The van der Waals surface area contributed by atoms with Gasteiger partial charge in [0.25, 0.3) is 0 Å².